The summed E-state index contributed by atoms with van der Waals surface area (Å²) in [5.41, 5.74) is 2.50. The van der Waals surface area contributed by atoms with Crippen LogP contribution < -0.4 is 10.6 Å². The summed E-state index contributed by atoms with van der Waals surface area (Å²) in [6, 6.07) is 13.6. The number of halogens is 3. The second-order valence-corrected chi connectivity index (χ2v) is 7.85. The molecule has 0 fully saturated rings. The fraction of sp³-hybridized carbons (Fsp3) is 0.333. The van der Waals surface area contributed by atoms with Gasteiger partial charge >= 0.3 is 18.0 Å². The molecule has 0 bridgehead atoms. The molecule has 0 aliphatic rings. The van der Waals surface area contributed by atoms with Crippen molar-refractivity contribution in [3.63, 3.8) is 0 Å². The maximum atomic E-state index is 12.7. The van der Waals surface area contributed by atoms with Crippen LogP contribution in [0.5, 0.6) is 0 Å². The van der Waals surface area contributed by atoms with E-state index < -0.39 is 18.0 Å². The van der Waals surface area contributed by atoms with E-state index in [2.05, 4.69) is 27.8 Å². The van der Waals surface area contributed by atoms with Gasteiger partial charge in [-0.15, -0.1) is 10.2 Å². The number of nitrogens with zero attached hydrogens (tertiary/aromatic N) is 2. The van der Waals surface area contributed by atoms with Crippen molar-refractivity contribution in [3.8, 4) is 11.5 Å². The Labute approximate surface area is 199 Å². The molecule has 0 saturated carbocycles. The molecule has 0 saturated heterocycles. The Kier molecular flexibility index (Phi) is 8.45. The number of rotatable bonds is 11. The molecule has 1 atom stereocenters. The molecule has 0 radical (unpaired) electrons. The van der Waals surface area contributed by atoms with Crippen molar-refractivity contribution in [2.75, 3.05) is 11.9 Å². The predicted molar refractivity (Wildman–Crippen MR) is 122 cm³/mol. The van der Waals surface area contributed by atoms with Crippen LogP contribution in [0.3, 0.4) is 0 Å². The van der Waals surface area contributed by atoms with Crippen LogP contribution in [-0.4, -0.2) is 33.7 Å². The molecular formula is C24H25F3N4O4. The summed E-state index contributed by atoms with van der Waals surface area (Å²) in [7, 11) is 0. The molecule has 35 heavy (non-hydrogen) atoms. The zero-order valence-corrected chi connectivity index (χ0v) is 18.9. The molecule has 2 aromatic carbocycles. The van der Waals surface area contributed by atoms with Crippen molar-refractivity contribution in [1.82, 2.24) is 15.5 Å². The van der Waals surface area contributed by atoms with E-state index in [-0.39, 0.29) is 30.8 Å². The van der Waals surface area contributed by atoms with Crippen molar-refractivity contribution in [2.45, 2.75) is 44.8 Å². The number of aliphatic carboxylic acids is 1. The second kappa shape index (κ2) is 11.5. The highest BCUT2D eigenvalue weighted by atomic mass is 19.4. The van der Waals surface area contributed by atoms with E-state index in [0.29, 0.717) is 11.1 Å². The van der Waals surface area contributed by atoms with Crippen LogP contribution in [0.4, 0.5) is 18.9 Å². The summed E-state index contributed by atoms with van der Waals surface area (Å²) in [6.07, 6.45) is -2.11. The molecule has 186 valence electrons. The summed E-state index contributed by atoms with van der Waals surface area (Å²) in [4.78, 5) is 22.7. The van der Waals surface area contributed by atoms with Gasteiger partial charge in [0.1, 0.15) is 0 Å². The first-order valence-electron chi connectivity index (χ1n) is 11.0. The number of alkyl halides is 3. The van der Waals surface area contributed by atoms with E-state index in [1.165, 1.54) is 0 Å². The van der Waals surface area contributed by atoms with Crippen molar-refractivity contribution in [1.29, 1.82) is 0 Å². The number of hydrogen-bond acceptors (Lipinski definition) is 6. The highest BCUT2D eigenvalue weighted by molar-refractivity contribution is 5.94. The molecule has 1 heterocycles. The monoisotopic (exact) mass is 490 g/mol. The van der Waals surface area contributed by atoms with Crippen LogP contribution in [0.15, 0.2) is 52.9 Å². The van der Waals surface area contributed by atoms with Gasteiger partial charge in [-0.1, -0.05) is 31.9 Å². The predicted octanol–water partition coefficient (Wildman–Crippen LogP) is 5.30. The van der Waals surface area contributed by atoms with Crippen molar-refractivity contribution < 1.29 is 32.3 Å². The van der Waals surface area contributed by atoms with Crippen molar-refractivity contribution in [2.24, 2.45) is 0 Å². The van der Waals surface area contributed by atoms with E-state index in [1.807, 2.05) is 0 Å². The van der Waals surface area contributed by atoms with E-state index in [9.17, 15) is 22.8 Å². The topological polar surface area (TPSA) is 117 Å². The summed E-state index contributed by atoms with van der Waals surface area (Å²) in [5.74, 6) is -2.94. The van der Waals surface area contributed by atoms with Crippen LogP contribution in [0.2, 0.25) is 0 Å². The fourth-order valence-corrected chi connectivity index (χ4v) is 3.35. The average molecular weight is 490 g/mol. The zero-order chi connectivity index (χ0) is 25.4. The minimum Gasteiger partial charge on any atom is -0.481 e. The largest absolute Gasteiger partial charge is 0.481 e. The molecule has 1 aromatic heterocycles. The third kappa shape index (κ3) is 7.29. The van der Waals surface area contributed by atoms with Gasteiger partial charge in [0.2, 0.25) is 5.89 Å². The van der Waals surface area contributed by atoms with Gasteiger partial charge in [-0.3, -0.25) is 9.59 Å². The average Bonchev–Trinajstić information content (AvgIpc) is 3.33. The minimum absolute atomic E-state index is 0.0460. The fourth-order valence-electron chi connectivity index (χ4n) is 3.35. The van der Waals surface area contributed by atoms with Gasteiger partial charge in [-0.2, -0.15) is 13.2 Å². The zero-order valence-electron chi connectivity index (χ0n) is 18.9. The molecule has 3 N–H and O–H groups in total. The Morgan fingerprint density at radius 3 is 2.31 bits per heavy atom. The molecule has 0 aliphatic carbocycles. The lowest BCUT2D eigenvalue weighted by molar-refractivity contribution is -0.157. The molecule has 0 spiro atoms. The number of aromatic nitrogens is 2. The van der Waals surface area contributed by atoms with Gasteiger partial charge in [0.15, 0.2) is 0 Å². The second-order valence-electron chi connectivity index (χ2n) is 7.85. The molecule has 0 aliphatic heterocycles. The number of unbranched alkanes of at least 4 members (excludes halogenated alkanes) is 1. The van der Waals surface area contributed by atoms with Gasteiger partial charge in [0.25, 0.3) is 5.91 Å². The number of carbonyl (C=O) groups is 2. The third-order valence-electron chi connectivity index (χ3n) is 5.19. The van der Waals surface area contributed by atoms with E-state index in [1.54, 1.807) is 48.5 Å². The lowest BCUT2D eigenvalue weighted by atomic mass is 9.99. The lowest BCUT2D eigenvalue weighted by Crippen LogP contribution is -2.25. The SMILES string of the molecule is CCCC[C@H](Nc1ccc(C(=O)NCCC(=O)O)cc1)c1ccc(-c2nnc(C(F)(F)F)o2)cc1. The number of benzene rings is 2. The van der Waals surface area contributed by atoms with Gasteiger partial charge < -0.3 is 20.2 Å². The molecule has 8 nitrogen and oxygen atoms in total. The highest BCUT2D eigenvalue weighted by Crippen LogP contribution is 2.31. The number of hydrogen-bond donors (Lipinski definition) is 3. The van der Waals surface area contributed by atoms with Crippen LogP contribution in [0.25, 0.3) is 11.5 Å². The van der Waals surface area contributed by atoms with Gasteiger partial charge in [0, 0.05) is 23.4 Å². The Bertz CT molecular complexity index is 1130. The first kappa shape index (κ1) is 25.7. The van der Waals surface area contributed by atoms with E-state index in [0.717, 1.165) is 30.5 Å². The van der Waals surface area contributed by atoms with Gasteiger partial charge in [-0.05, 0) is 48.4 Å². The standard InChI is InChI=1S/C24H25F3N4O4/c1-2-3-4-19(29-18-11-9-16(10-12-18)21(34)28-14-13-20(32)33)15-5-7-17(8-6-15)22-30-31-23(35-22)24(25,26)27/h5-12,19,29H,2-4,13-14H2,1H3,(H,28,34)(H,32,33)/t19-/m0/s1. The summed E-state index contributed by atoms with van der Waals surface area (Å²) < 4.78 is 42.9. The number of anilines is 1. The molecule has 3 rings (SSSR count). The Hall–Kier alpha value is -3.89. The third-order valence-corrected chi connectivity index (χ3v) is 5.19. The Morgan fingerprint density at radius 1 is 1.06 bits per heavy atom. The number of amides is 1. The Morgan fingerprint density at radius 2 is 1.74 bits per heavy atom. The minimum atomic E-state index is -4.70. The van der Waals surface area contributed by atoms with Crippen LogP contribution in [0, 0.1) is 0 Å². The normalized spacial score (nSPS) is 12.2. The molecule has 0 unspecified atom stereocenters. The molecule has 11 heteroatoms. The van der Waals surface area contributed by atoms with Gasteiger partial charge in [-0.25, -0.2) is 0 Å². The van der Waals surface area contributed by atoms with E-state index >= 15 is 0 Å². The first-order valence-corrected chi connectivity index (χ1v) is 11.0. The van der Waals surface area contributed by atoms with Crippen LogP contribution in [-0.2, 0) is 11.0 Å². The summed E-state index contributed by atoms with van der Waals surface area (Å²) >= 11 is 0. The van der Waals surface area contributed by atoms with E-state index in [4.69, 9.17) is 9.52 Å². The summed E-state index contributed by atoms with van der Waals surface area (Å²) in [6.45, 7) is 2.12. The first-order chi connectivity index (χ1) is 16.7. The lowest BCUT2D eigenvalue weighted by Gasteiger charge is -2.21. The maximum absolute atomic E-state index is 12.7. The van der Waals surface area contributed by atoms with Gasteiger partial charge in [0.05, 0.1) is 12.5 Å². The van der Waals surface area contributed by atoms with Crippen LogP contribution in [0.1, 0.15) is 60.5 Å². The summed E-state index contributed by atoms with van der Waals surface area (Å²) in [5, 5.41) is 21.2. The number of carboxylic acid groups (broad SMARTS) is 1. The highest BCUT2D eigenvalue weighted by Gasteiger charge is 2.38. The van der Waals surface area contributed by atoms with Crippen LogP contribution >= 0.6 is 0 Å². The quantitative estimate of drug-likeness (QED) is 0.334. The van der Waals surface area contributed by atoms with Crippen molar-refractivity contribution >= 4 is 17.6 Å². The number of carboxylic acids is 1. The van der Waals surface area contributed by atoms with Crippen molar-refractivity contribution in [3.05, 3.63) is 65.5 Å². The number of carbonyl (C=O) groups excluding carboxylic acids is 1. The molecular weight excluding hydrogens is 465 g/mol. The Balaban J connectivity index is 1.69. The smallest absolute Gasteiger partial charge is 0.470 e. The number of nitrogens with one attached hydrogen (secondary N) is 2. The molecule has 1 amide bonds. The molecule has 3 aromatic rings. The maximum Gasteiger partial charge on any atom is 0.470 e.